The first kappa shape index (κ1) is 20.1. The summed E-state index contributed by atoms with van der Waals surface area (Å²) < 4.78 is 15.2. The van der Waals surface area contributed by atoms with Crippen molar-refractivity contribution in [2.75, 3.05) is 13.1 Å². The van der Waals surface area contributed by atoms with Crippen molar-refractivity contribution in [3.05, 3.63) is 95.4 Å². The van der Waals surface area contributed by atoms with Crippen LogP contribution in [0, 0.1) is 24.6 Å². The zero-order valence-electron chi connectivity index (χ0n) is 18.3. The number of nitrogens with zero attached hydrogens (tertiary/aromatic N) is 3. The average Bonchev–Trinajstić information content (AvgIpc) is 3.06. The highest BCUT2D eigenvalue weighted by Crippen LogP contribution is 2.65. The van der Waals surface area contributed by atoms with E-state index in [9.17, 15) is 14.3 Å². The number of benzene rings is 3. The van der Waals surface area contributed by atoms with E-state index >= 15 is 0 Å². The zero-order valence-corrected chi connectivity index (χ0v) is 18.3. The number of rotatable bonds is 5. The molecule has 2 heterocycles. The molecule has 0 amide bonds. The molecule has 1 saturated carbocycles. The van der Waals surface area contributed by atoms with Crippen LogP contribution in [0.1, 0.15) is 16.7 Å². The van der Waals surface area contributed by atoms with E-state index in [-0.39, 0.29) is 23.1 Å². The van der Waals surface area contributed by atoms with Gasteiger partial charge in [0.1, 0.15) is 5.82 Å². The molecule has 4 aromatic rings. The van der Waals surface area contributed by atoms with Crippen molar-refractivity contribution in [1.82, 2.24) is 14.7 Å². The summed E-state index contributed by atoms with van der Waals surface area (Å²) in [6.07, 6.45) is 1.81. The number of carboxylic acid groups (broad SMARTS) is 1. The zero-order chi connectivity index (χ0) is 22.7. The molecule has 1 N–H and O–H groups in total. The molecule has 166 valence electrons. The van der Waals surface area contributed by atoms with Gasteiger partial charge in [0.15, 0.2) is 0 Å². The lowest BCUT2D eigenvalue weighted by atomic mass is 9.88. The molecular weight excluding hydrogens is 417 g/mol. The number of likely N-dealkylation sites (tertiary alicyclic amines) is 1. The Bertz CT molecular complexity index is 1370. The lowest BCUT2D eigenvalue weighted by molar-refractivity contribution is -0.139. The van der Waals surface area contributed by atoms with Crippen LogP contribution in [-0.2, 0) is 16.8 Å². The van der Waals surface area contributed by atoms with Gasteiger partial charge in [-0.15, -0.1) is 0 Å². The highest BCUT2D eigenvalue weighted by molar-refractivity contribution is 5.85. The van der Waals surface area contributed by atoms with Gasteiger partial charge < -0.3 is 5.11 Å². The third-order valence-corrected chi connectivity index (χ3v) is 7.45. The second kappa shape index (κ2) is 7.25. The van der Waals surface area contributed by atoms with Gasteiger partial charge in [-0.1, -0.05) is 30.3 Å². The highest BCUT2D eigenvalue weighted by Gasteiger charge is 2.73. The van der Waals surface area contributed by atoms with E-state index in [0.717, 1.165) is 47.4 Å². The van der Waals surface area contributed by atoms with Gasteiger partial charge in [-0.25, -0.2) is 9.07 Å². The fourth-order valence-electron chi connectivity index (χ4n) is 5.99. The smallest absolute Gasteiger partial charge is 0.307 e. The average molecular weight is 442 g/mol. The van der Waals surface area contributed by atoms with Crippen LogP contribution in [0.4, 0.5) is 4.39 Å². The molecular formula is C27H24FN3O2. The second-order valence-corrected chi connectivity index (χ2v) is 9.38. The van der Waals surface area contributed by atoms with Gasteiger partial charge in [0.25, 0.3) is 0 Å². The minimum absolute atomic E-state index is 0.113. The van der Waals surface area contributed by atoms with Gasteiger partial charge in [0.2, 0.25) is 0 Å². The van der Waals surface area contributed by atoms with Gasteiger partial charge >= 0.3 is 5.97 Å². The summed E-state index contributed by atoms with van der Waals surface area (Å²) in [7, 11) is 0. The van der Waals surface area contributed by atoms with Crippen molar-refractivity contribution in [3.8, 4) is 5.69 Å². The molecule has 0 spiro atoms. The first-order chi connectivity index (χ1) is 16.0. The minimum Gasteiger partial charge on any atom is -0.481 e. The lowest BCUT2D eigenvalue weighted by Crippen LogP contribution is -2.31. The van der Waals surface area contributed by atoms with Crippen molar-refractivity contribution in [1.29, 1.82) is 0 Å². The van der Waals surface area contributed by atoms with Crippen molar-refractivity contribution in [3.63, 3.8) is 0 Å². The van der Waals surface area contributed by atoms with Crippen molar-refractivity contribution < 1.29 is 14.3 Å². The first-order valence-electron chi connectivity index (χ1n) is 11.2. The van der Waals surface area contributed by atoms with Gasteiger partial charge in [-0.3, -0.25) is 9.69 Å². The SMILES string of the molecule is Cc1cc2c(cnn2-c2ccc(F)cc2)cc1C12CN(Cc3ccccc3)CC1C2C(=O)O. The number of hydrogen-bond acceptors (Lipinski definition) is 3. The lowest BCUT2D eigenvalue weighted by Gasteiger charge is -2.24. The molecule has 6 rings (SSSR count). The van der Waals surface area contributed by atoms with E-state index < -0.39 is 5.97 Å². The van der Waals surface area contributed by atoms with E-state index in [0.29, 0.717) is 0 Å². The predicted molar refractivity (Wildman–Crippen MR) is 124 cm³/mol. The molecule has 3 aromatic carbocycles. The Morgan fingerprint density at radius 1 is 1.15 bits per heavy atom. The van der Waals surface area contributed by atoms with E-state index in [1.807, 2.05) is 24.4 Å². The number of aliphatic carboxylic acids is 1. The van der Waals surface area contributed by atoms with Crippen LogP contribution in [0.25, 0.3) is 16.6 Å². The number of piperidine rings is 1. The number of aryl methyl sites for hydroxylation is 1. The van der Waals surface area contributed by atoms with Crippen LogP contribution >= 0.6 is 0 Å². The molecule has 2 aliphatic rings. The molecule has 33 heavy (non-hydrogen) atoms. The van der Waals surface area contributed by atoms with E-state index in [1.165, 1.54) is 17.7 Å². The summed E-state index contributed by atoms with van der Waals surface area (Å²) in [4.78, 5) is 14.5. The summed E-state index contributed by atoms with van der Waals surface area (Å²) in [5.41, 5.74) is 4.79. The Morgan fingerprint density at radius 2 is 1.91 bits per heavy atom. The van der Waals surface area contributed by atoms with Crippen LogP contribution in [0.3, 0.4) is 0 Å². The summed E-state index contributed by atoms with van der Waals surface area (Å²) in [5.74, 6) is -1.23. The number of aromatic nitrogens is 2. The molecule has 0 bridgehead atoms. The predicted octanol–water partition coefficient (Wildman–Crippen LogP) is 4.56. The molecule has 1 saturated heterocycles. The number of carboxylic acids is 1. The fourth-order valence-corrected chi connectivity index (χ4v) is 5.99. The van der Waals surface area contributed by atoms with Crippen molar-refractivity contribution in [2.45, 2.75) is 18.9 Å². The van der Waals surface area contributed by atoms with Crippen LogP contribution in [0.15, 0.2) is 72.9 Å². The maximum absolute atomic E-state index is 13.4. The molecule has 3 atom stereocenters. The highest BCUT2D eigenvalue weighted by atomic mass is 19.1. The number of carbonyl (C=O) groups is 1. The topological polar surface area (TPSA) is 58.4 Å². The van der Waals surface area contributed by atoms with E-state index in [2.05, 4.69) is 41.2 Å². The fraction of sp³-hybridized carbons (Fsp3) is 0.259. The van der Waals surface area contributed by atoms with Gasteiger partial charge in [-0.05, 0) is 65.9 Å². The molecule has 1 aromatic heterocycles. The maximum atomic E-state index is 13.4. The van der Waals surface area contributed by atoms with E-state index in [1.54, 1.807) is 16.8 Å². The summed E-state index contributed by atoms with van der Waals surface area (Å²) in [6, 6.07) is 20.8. The van der Waals surface area contributed by atoms with E-state index in [4.69, 9.17) is 0 Å². The normalized spacial score (nSPS) is 24.2. The third kappa shape index (κ3) is 3.09. The summed E-state index contributed by atoms with van der Waals surface area (Å²) in [5, 5.41) is 15.5. The Morgan fingerprint density at radius 3 is 2.64 bits per heavy atom. The first-order valence-corrected chi connectivity index (χ1v) is 11.2. The molecule has 6 heteroatoms. The largest absolute Gasteiger partial charge is 0.481 e. The number of halogens is 1. The standard InChI is InChI=1S/C27H24FN3O2/c1-17-11-24-19(13-29-31(24)21-9-7-20(28)8-10-21)12-22(17)27-16-30(14-18-5-3-2-4-6-18)15-23(27)25(27)26(32)33/h2-13,23,25H,14-16H2,1H3,(H,32,33). The summed E-state index contributed by atoms with van der Waals surface area (Å²) in [6.45, 7) is 4.41. The minimum atomic E-state index is -0.708. The Hall–Kier alpha value is -3.51. The quantitative estimate of drug-likeness (QED) is 0.493. The van der Waals surface area contributed by atoms with Crippen molar-refractivity contribution >= 4 is 16.9 Å². The molecule has 2 fully saturated rings. The molecule has 1 aliphatic carbocycles. The van der Waals surface area contributed by atoms with Crippen LogP contribution in [0.5, 0.6) is 0 Å². The molecule has 0 radical (unpaired) electrons. The monoisotopic (exact) mass is 441 g/mol. The Labute approximate surface area is 191 Å². The Balaban J connectivity index is 1.37. The Kier molecular flexibility index (Phi) is 4.42. The van der Waals surface area contributed by atoms with Gasteiger partial charge in [-0.2, -0.15) is 5.10 Å². The number of hydrogen-bond donors (Lipinski definition) is 1. The second-order valence-electron chi connectivity index (χ2n) is 9.38. The number of fused-ring (bicyclic) bond motifs is 2. The van der Waals surface area contributed by atoms with Gasteiger partial charge in [0.05, 0.1) is 23.3 Å². The van der Waals surface area contributed by atoms with Crippen LogP contribution in [-0.4, -0.2) is 38.8 Å². The van der Waals surface area contributed by atoms with Crippen LogP contribution < -0.4 is 0 Å². The maximum Gasteiger partial charge on any atom is 0.307 e. The summed E-state index contributed by atoms with van der Waals surface area (Å²) >= 11 is 0. The molecule has 1 aliphatic heterocycles. The molecule has 3 unspecified atom stereocenters. The third-order valence-electron chi connectivity index (χ3n) is 7.45. The van der Waals surface area contributed by atoms with Crippen molar-refractivity contribution in [2.24, 2.45) is 11.8 Å². The van der Waals surface area contributed by atoms with Gasteiger partial charge in [0, 0.05) is 30.4 Å². The van der Waals surface area contributed by atoms with Crippen LogP contribution in [0.2, 0.25) is 0 Å². The molecule has 5 nitrogen and oxygen atoms in total.